The highest BCUT2D eigenvalue weighted by atomic mass is 19.4. The molecule has 212 valence electrons. The molecule has 0 radical (unpaired) electrons. The van der Waals surface area contributed by atoms with Crippen LogP contribution in [0.1, 0.15) is 31.7 Å². The number of carboxylic acid groups (broad SMARTS) is 2. The second-order valence-corrected chi connectivity index (χ2v) is 8.30. The second-order valence-electron chi connectivity index (χ2n) is 8.30. The van der Waals surface area contributed by atoms with Gasteiger partial charge in [-0.2, -0.15) is 26.3 Å². The molecular formula is C22H30F6N2O7. The smallest absolute Gasteiger partial charge is 0.481 e. The maximum Gasteiger partial charge on any atom is 0.490 e. The van der Waals surface area contributed by atoms with Crippen molar-refractivity contribution in [3.8, 4) is 5.88 Å². The number of aliphatic carboxylic acids is 2. The number of hydrogen-bond donors (Lipinski definition) is 2. The van der Waals surface area contributed by atoms with E-state index < -0.39 is 24.3 Å². The highest BCUT2D eigenvalue weighted by Crippen LogP contribution is 2.39. The monoisotopic (exact) mass is 548 g/mol. The minimum Gasteiger partial charge on any atom is -0.481 e. The highest BCUT2D eigenvalue weighted by Gasteiger charge is 2.47. The summed E-state index contributed by atoms with van der Waals surface area (Å²) in [7, 11) is 1.68. The number of rotatable bonds is 7. The molecule has 1 aromatic heterocycles. The number of carbonyl (C=O) groups is 2. The molecule has 1 atom stereocenters. The SMILES string of the molecule is CCOCCC1CCOC2(C1)CN(Cc1cccnc1OC)C2.O=C(O)C(F)(F)F.O=C(O)C(F)(F)F. The number of halogens is 6. The first-order valence-corrected chi connectivity index (χ1v) is 11.2. The van der Waals surface area contributed by atoms with E-state index >= 15 is 0 Å². The van der Waals surface area contributed by atoms with Gasteiger partial charge in [0.2, 0.25) is 5.88 Å². The average molecular weight is 548 g/mol. The molecule has 2 saturated heterocycles. The van der Waals surface area contributed by atoms with Crippen molar-refractivity contribution in [3.05, 3.63) is 23.9 Å². The normalized spacial score (nSPS) is 19.0. The number of hydrogen-bond acceptors (Lipinski definition) is 7. The maximum absolute atomic E-state index is 10.6. The number of nitrogens with zero attached hydrogens (tertiary/aromatic N) is 2. The third-order valence-electron chi connectivity index (χ3n) is 5.42. The van der Waals surface area contributed by atoms with Crippen molar-refractivity contribution < 1.29 is 60.4 Å². The molecule has 15 heteroatoms. The van der Waals surface area contributed by atoms with Crippen LogP contribution in [-0.4, -0.2) is 90.0 Å². The lowest BCUT2D eigenvalue weighted by molar-refractivity contribution is -0.193. The van der Waals surface area contributed by atoms with Crippen molar-refractivity contribution in [2.24, 2.45) is 5.92 Å². The first-order chi connectivity index (χ1) is 17.1. The Hall–Kier alpha value is -2.65. The standard InChI is InChI=1S/C18H28N2O3.2C2HF3O2/c1-3-22-9-6-15-7-10-23-18(11-15)13-20(14-18)12-16-5-4-8-19-17(16)21-2;2*3-2(4,5)1(6)7/h4-5,8,15H,3,6-7,9-14H2,1-2H3;2*(H,6,7). The van der Waals surface area contributed by atoms with E-state index in [0.717, 1.165) is 63.2 Å². The van der Waals surface area contributed by atoms with Crippen molar-refractivity contribution in [1.82, 2.24) is 9.88 Å². The lowest BCUT2D eigenvalue weighted by Gasteiger charge is -2.53. The van der Waals surface area contributed by atoms with Gasteiger partial charge in [0.25, 0.3) is 0 Å². The topological polar surface area (TPSA) is 118 Å². The summed E-state index contributed by atoms with van der Waals surface area (Å²) in [6, 6.07) is 4.05. The summed E-state index contributed by atoms with van der Waals surface area (Å²) in [4.78, 5) is 24.5. The minimum absolute atomic E-state index is 0.0740. The zero-order chi connectivity index (χ0) is 28.3. The number of ether oxygens (including phenoxy) is 3. The zero-order valence-corrected chi connectivity index (χ0v) is 20.3. The number of pyridine rings is 1. The van der Waals surface area contributed by atoms with Gasteiger partial charge in [-0.25, -0.2) is 14.6 Å². The third kappa shape index (κ3) is 11.5. The molecule has 1 spiro atoms. The molecule has 3 heterocycles. The fourth-order valence-corrected chi connectivity index (χ4v) is 3.84. The van der Waals surface area contributed by atoms with Crippen molar-refractivity contribution >= 4 is 11.9 Å². The summed E-state index contributed by atoms with van der Waals surface area (Å²) in [6.07, 6.45) is -4.89. The summed E-state index contributed by atoms with van der Waals surface area (Å²) in [5.41, 5.74) is 1.22. The Morgan fingerprint density at radius 1 is 1.16 bits per heavy atom. The van der Waals surface area contributed by atoms with Crippen molar-refractivity contribution in [3.63, 3.8) is 0 Å². The van der Waals surface area contributed by atoms with Gasteiger partial charge >= 0.3 is 24.3 Å². The van der Waals surface area contributed by atoms with Gasteiger partial charge in [0.05, 0.1) is 12.7 Å². The van der Waals surface area contributed by atoms with Crippen molar-refractivity contribution in [2.75, 3.05) is 40.0 Å². The molecule has 0 aromatic carbocycles. The third-order valence-corrected chi connectivity index (χ3v) is 5.42. The molecular weight excluding hydrogens is 518 g/mol. The Balaban J connectivity index is 0.000000404. The van der Waals surface area contributed by atoms with Gasteiger partial charge in [-0.1, -0.05) is 6.07 Å². The van der Waals surface area contributed by atoms with E-state index in [2.05, 4.69) is 22.9 Å². The van der Waals surface area contributed by atoms with E-state index in [0.29, 0.717) is 0 Å². The Bertz CT molecular complexity index is 837. The number of likely N-dealkylation sites (tertiary alicyclic amines) is 1. The molecule has 0 aliphatic carbocycles. The molecule has 9 nitrogen and oxygen atoms in total. The molecule has 2 aliphatic rings. The van der Waals surface area contributed by atoms with Crippen LogP contribution >= 0.6 is 0 Å². The van der Waals surface area contributed by atoms with E-state index in [1.165, 1.54) is 12.8 Å². The van der Waals surface area contributed by atoms with Crippen LogP contribution in [0, 0.1) is 5.92 Å². The van der Waals surface area contributed by atoms with Gasteiger partial charge in [-0.3, -0.25) is 4.90 Å². The summed E-state index contributed by atoms with van der Waals surface area (Å²) in [6.45, 7) is 7.55. The van der Waals surface area contributed by atoms with Crippen LogP contribution in [0.2, 0.25) is 0 Å². The minimum atomic E-state index is -5.08. The van der Waals surface area contributed by atoms with Crippen LogP contribution in [0.5, 0.6) is 5.88 Å². The van der Waals surface area contributed by atoms with Gasteiger partial charge in [0, 0.05) is 51.2 Å². The molecule has 0 bridgehead atoms. The molecule has 37 heavy (non-hydrogen) atoms. The van der Waals surface area contributed by atoms with Crippen LogP contribution in [0.3, 0.4) is 0 Å². The van der Waals surface area contributed by atoms with E-state index in [1.54, 1.807) is 13.3 Å². The van der Waals surface area contributed by atoms with Crippen LogP contribution < -0.4 is 4.74 Å². The van der Waals surface area contributed by atoms with E-state index in [9.17, 15) is 26.3 Å². The molecule has 2 fully saturated rings. The van der Waals surface area contributed by atoms with Gasteiger partial charge in [0.1, 0.15) is 0 Å². The number of carboxylic acids is 2. The maximum atomic E-state index is 10.6. The summed E-state index contributed by atoms with van der Waals surface area (Å²) in [5, 5.41) is 14.2. The highest BCUT2D eigenvalue weighted by molar-refractivity contribution is 5.73. The predicted octanol–water partition coefficient (Wildman–Crippen LogP) is 3.76. The lowest BCUT2D eigenvalue weighted by atomic mass is 9.79. The van der Waals surface area contributed by atoms with Crippen LogP contribution in [0.25, 0.3) is 0 Å². The summed E-state index contributed by atoms with van der Waals surface area (Å²) < 4.78 is 80.5. The Morgan fingerprint density at radius 3 is 2.22 bits per heavy atom. The predicted molar refractivity (Wildman–Crippen MR) is 116 cm³/mol. The quantitative estimate of drug-likeness (QED) is 0.388. The first-order valence-electron chi connectivity index (χ1n) is 11.2. The van der Waals surface area contributed by atoms with E-state index in [1.807, 2.05) is 6.07 Å². The number of alkyl halides is 6. The van der Waals surface area contributed by atoms with Gasteiger partial charge in [-0.05, 0) is 38.2 Å². The van der Waals surface area contributed by atoms with Crippen LogP contribution in [0.4, 0.5) is 26.3 Å². The average Bonchev–Trinajstić information content (AvgIpc) is 2.78. The molecule has 0 amide bonds. The molecule has 0 saturated carbocycles. The molecule has 1 unspecified atom stereocenters. The number of aromatic nitrogens is 1. The molecule has 2 N–H and O–H groups in total. The first kappa shape index (κ1) is 32.4. The van der Waals surface area contributed by atoms with Gasteiger partial charge in [-0.15, -0.1) is 0 Å². The van der Waals surface area contributed by atoms with Gasteiger partial charge < -0.3 is 24.4 Å². The molecule has 3 rings (SSSR count). The molecule has 1 aromatic rings. The fraction of sp³-hybridized carbons (Fsp3) is 0.682. The van der Waals surface area contributed by atoms with Gasteiger partial charge in [0.15, 0.2) is 0 Å². The Kier molecular flexibility index (Phi) is 12.5. The molecule has 2 aliphatic heterocycles. The largest absolute Gasteiger partial charge is 0.490 e. The van der Waals surface area contributed by atoms with Crippen LogP contribution in [-0.2, 0) is 25.6 Å². The number of methoxy groups -OCH3 is 1. The Morgan fingerprint density at radius 2 is 1.73 bits per heavy atom. The van der Waals surface area contributed by atoms with E-state index in [-0.39, 0.29) is 5.60 Å². The fourth-order valence-electron chi connectivity index (χ4n) is 3.84. The lowest BCUT2D eigenvalue weighted by Crippen LogP contribution is -2.64. The van der Waals surface area contributed by atoms with E-state index in [4.69, 9.17) is 34.0 Å². The van der Waals surface area contributed by atoms with Crippen molar-refractivity contribution in [1.29, 1.82) is 0 Å². The second kappa shape index (κ2) is 14.3. The van der Waals surface area contributed by atoms with Crippen molar-refractivity contribution in [2.45, 2.75) is 50.7 Å². The zero-order valence-electron chi connectivity index (χ0n) is 20.3. The summed E-state index contributed by atoms with van der Waals surface area (Å²) >= 11 is 0. The van der Waals surface area contributed by atoms with Crippen LogP contribution in [0.15, 0.2) is 18.3 Å². The Labute approximate surface area is 209 Å². The summed E-state index contributed by atoms with van der Waals surface area (Å²) in [5.74, 6) is -4.04.